The van der Waals surface area contributed by atoms with Crippen LogP contribution < -0.4 is 20.3 Å². The molecule has 5 heterocycles. The molecule has 0 saturated carbocycles. The van der Waals surface area contributed by atoms with E-state index < -0.39 is 34.4 Å². The predicted molar refractivity (Wildman–Crippen MR) is 189 cm³/mol. The topological polar surface area (TPSA) is 155 Å². The third kappa shape index (κ3) is 7.14. The zero-order valence-corrected chi connectivity index (χ0v) is 30.1. The lowest BCUT2D eigenvalue weighted by Crippen LogP contribution is -2.49. The lowest BCUT2D eigenvalue weighted by Gasteiger charge is -2.38. The monoisotopic (exact) mass is 757 g/mol. The van der Waals surface area contributed by atoms with E-state index in [2.05, 4.69) is 25.7 Å². The summed E-state index contributed by atoms with van der Waals surface area (Å²) in [5.41, 5.74) is 1.70. The maximum atomic E-state index is 15.8. The van der Waals surface area contributed by atoms with Gasteiger partial charge in [0.15, 0.2) is 5.82 Å². The molecule has 3 amide bonds. The smallest absolute Gasteiger partial charge is 0.329 e. The lowest BCUT2D eigenvalue weighted by molar-refractivity contribution is -0.120. The summed E-state index contributed by atoms with van der Waals surface area (Å²) in [5, 5.41) is 10.9. The molecule has 1 unspecified atom stereocenters. The number of urea groups is 1. The highest BCUT2D eigenvalue weighted by molar-refractivity contribution is 7.89. The van der Waals surface area contributed by atoms with Crippen molar-refractivity contribution in [3.05, 3.63) is 64.8 Å². The van der Waals surface area contributed by atoms with E-state index in [1.54, 1.807) is 53.0 Å². The van der Waals surface area contributed by atoms with E-state index in [1.807, 2.05) is 0 Å². The molecule has 52 heavy (non-hydrogen) atoms. The number of nitrogens with one attached hydrogen (secondary N) is 2. The number of methoxy groups -OCH3 is 1. The average Bonchev–Trinajstić information content (AvgIpc) is 3.44. The quantitative estimate of drug-likeness (QED) is 0.252. The van der Waals surface area contributed by atoms with Crippen molar-refractivity contribution in [2.45, 2.75) is 55.0 Å². The summed E-state index contributed by atoms with van der Waals surface area (Å²) in [6.07, 6.45) is 2.83. The normalized spacial score (nSPS) is 20.6. The zero-order chi connectivity index (χ0) is 36.8. The van der Waals surface area contributed by atoms with E-state index in [0.717, 1.165) is 0 Å². The minimum atomic E-state index is -3.82. The highest BCUT2D eigenvalue weighted by Crippen LogP contribution is 2.42. The summed E-state index contributed by atoms with van der Waals surface area (Å²) >= 11 is 6.01. The van der Waals surface area contributed by atoms with E-state index in [0.29, 0.717) is 53.2 Å². The van der Waals surface area contributed by atoms with E-state index in [4.69, 9.17) is 16.3 Å². The van der Waals surface area contributed by atoms with Crippen LogP contribution in [-0.2, 0) is 28.4 Å². The Morgan fingerprint density at radius 3 is 2.60 bits per heavy atom. The van der Waals surface area contributed by atoms with Crippen LogP contribution in [0.5, 0.6) is 5.88 Å². The molecule has 0 aliphatic carbocycles. The minimum Gasteiger partial charge on any atom is -0.480 e. The molecule has 0 bridgehead atoms. The van der Waals surface area contributed by atoms with Crippen molar-refractivity contribution in [1.82, 2.24) is 34.3 Å². The number of anilines is 2. The highest BCUT2D eigenvalue weighted by Gasteiger charge is 2.45. The second kappa shape index (κ2) is 14.2. The van der Waals surface area contributed by atoms with Crippen molar-refractivity contribution in [1.29, 1.82) is 0 Å². The Bertz CT molecular complexity index is 2130. The predicted octanol–water partition coefficient (Wildman–Crippen LogP) is 4.36. The molecule has 3 fully saturated rings. The van der Waals surface area contributed by atoms with Gasteiger partial charge in [-0.2, -0.15) is 14.4 Å². The summed E-state index contributed by atoms with van der Waals surface area (Å²) in [7, 11) is -0.667. The number of likely N-dealkylation sites (tertiary alicyclic amines) is 1. The van der Waals surface area contributed by atoms with Crippen LogP contribution in [0.2, 0.25) is 5.02 Å². The Morgan fingerprint density at radius 1 is 1.08 bits per heavy atom. The van der Waals surface area contributed by atoms with E-state index in [1.165, 1.54) is 28.6 Å². The van der Waals surface area contributed by atoms with Gasteiger partial charge in [-0.3, -0.25) is 24.6 Å². The third-order valence-corrected chi connectivity index (χ3v) is 12.0. The van der Waals surface area contributed by atoms with Gasteiger partial charge in [-0.05, 0) is 61.2 Å². The van der Waals surface area contributed by atoms with Gasteiger partial charge >= 0.3 is 6.03 Å². The molecule has 3 aliphatic heterocycles. The summed E-state index contributed by atoms with van der Waals surface area (Å²) in [5.74, 6) is -3.50. The molecule has 0 spiro atoms. The number of hydrogen-bond donors (Lipinski definition) is 2. The maximum absolute atomic E-state index is 15.8. The molecular weight excluding hydrogens is 720 g/mol. The number of nitrogens with zero attached hydrogens (tertiary/aromatic N) is 7. The molecule has 4 aromatic rings. The van der Waals surface area contributed by atoms with E-state index in [-0.39, 0.29) is 66.8 Å². The Hall–Kier alpha value is -4.45. The summed E-state index contributed by atoms with van der Waals surface area (Å²) in [6.45, 7) is 0.822. The number of aromatic nitrogens is 4. The molecule has 2 aromatic heterocycles. The number of imide groups is 1. The number of halogens is 3. The van der Waals surface area contributed by atoms with Gasteiger partial charge in [-0.15, -0.1) is 0 Å². The average molecular weight is 758 g/mol. The number of benzene rings is 2. The molecule has 276 valence electrons. The molecule has 3 aliphatic rings. The number of fused-ring (bicyclic) bond motifs is 1. The van der Waals surface area contributed by atoms with Gasteiger partial charge in [-0.25, -0.2) is 27.0 Å². The molecule has 14 nitrogen and oxygen atoms in total. The first kappa shape index (κ1) is 35.9. The standard InChI is InChI=1S/C34H38ClF2N9O5S/c1-43-28-17-22(6-7-25(28)30(42-43)46-15-11-29(47)40-33(46)48)26-10-12-44(20-34(26,36)37)19-21-4-3-5-24(16-21)52(49,50)45-13-8-23(9-14-45)39-32-38-18-27(35)31(41-32)51-2/h3-7,16-18,23,26H,8-15,19-20H2,1-2H3,(H,38,39,41)(H,40,47,48). The number of hydrogen-bond acceptors (Lipinski definition) is 10. The van der Waals surface area contributed by atoms with Crippen LogP contribution in [0, 0.1) is 0 Å². The number of amides is 3. The van der Waals surface area contributed by atoms with Gasteiger partial charge in [0.1, 0.15) is 5.02 Å². The largest absolute Gasteiger partial charge is 0.480 e. The number of aryl methyl sites for hydroxylation is 1. The summed E-state index contributed by atoms with van der Waals surface area (Å²) in [4.78, 5) is 35.6. The molecule has 18 heteroatoms. The Balaban J connectivity index is 0.982. The fourth-order valence-electron chi connectivity index (χ4n) is 7.19. The first-order valence-electron chi connectivity index (χ1n) is 16.9. The van der Waals surface area contributed by atoms with Crippen LogP contribution >= 0.6 is 11.6 Å². The van der Waals surface area contributed by atoms with Crippen molar-refractivity contribution < 1.29 is 31.5 Å². The Morgan fingerprint density at radius 2 is 1.87 bits per heavy atom. The number of rotatable bonds is 9. The number of carbonyl (C=O) groups is 2. The Labute approximate surface area is 304 Å². The second-order valence-corrected chi connectivity index (χ2v) is 15.7. The van der Waals surface area contributed by atoms with Gasteiger partial charge < -0.3 is 10.1 Å². The molecule has 1 atom stereocenters. The minimum absolute atomic E-state index is 0.0485. The van der Waals surface area contributed by atoms with Gasteiger partial charge in [0.25, 0.3) is 5.92 Å². The van der Waals surface area contributed by atoms with Crippen LogP contribution in [0.1, 0.15) is 42.7 Å². The number of ether oxygens (including phenoxy) is 1. The Kier molecular flexibility index (Phi) is 9.79. The van der Waals surface area contributed by atoms with Crippen molar-refractivity contribution in [2.75, 3.05) is 50.1 Å². The van der Waals surface area contributed by atoms with Crippen molar-refractivity contribution >= 4 is 56.2 Å². The second-order valence-electron chi connectivity index (χ2n) is 13.3. The van der Waals surface area contributed by atoms with Crippen molar-refractivity contribution in [2.24, 2.45) is 7.05 Å². The van der Waals surface area contributed by atoms with Crippen molar-refractivity contribution in [3.63, 3.8) is 0 Å². The van der Waals surface area contributed by atoms with Crippen LogP contribution in [0.4, 0.5) is 25.3 Å². The van der Waals surface area contributed by atoms with Crippen LogP contribution in [0.3, 0.4) is 0 Å². The molecule has 3 saturated heterocycles. The van der Waals surface area contributed by atoms with E-state index >= 15 is 8.78 Å². The van der Waals surface area contributed by atoms with Crippen molar-refractivity contribution in [3.8, 4) is 5.88 Å². The SMILES string of the molecule is COc1nc(NC2CCN(S(=O)(=O)c3cccc(CN4CCC(c5ccc6c(N7CCC(=O)NC7=O)nn(C)c6c5)C(F)(F)C4)c3)CC2)ncc1Cl. The van der Waals surface area contributed by atoms with Crippen LogP contribution in [-0.4, -0.2) is 101 Å². The van der Waals surface area contributed by atoms with Gasteiger partial charge in [-0.1, -0.05) is 29.8 Å². The molecule has 2 aromatic carbocycles. The fraction of sp³-hybridized carbons (Fsp3) is 0.441. The number of sulfonamides is 1. The first-order chi connectivity index (χ1) is 24.8. The fourth-order valence-corrected chi connectivity index (χ4v) is 8.90. The maximum Gasteiger partial charge on any atom is 0.329 e. The third-order valence-electron chi connectivity index (χ3n) is 9.88. The van der Waals surface area contributed by atoms with Crippen LogP contribution in [0.15, 0.2) is 53.6 Å². The molecule has 7 rings (SSSR count). The molecule has 2 N–H and O–H groups in total. The molecular formula is C34H38ClF2N9O5S. The van der Waals surface area contributed by atoms with E-state index in [9.17, 15) is 18.0 Å². The zero-order valence-electron chi connectivity index (χ0n) is 28.6. The van der Waals surface area contributed by atoms with Crippen LogP contribution in [0.25, 0.3) is 10.9 Å². The van der Waals surface area contributed by atoms with Gasteiger partial charge in [0, 0.05) is 51.1 Å². The summed E-state index contributed by atoms with van der Waals surface area (Å²) < 4.78 is 67.1. The highest BCUT2D eigenvalue weighted by atomic mass is 35.5. The number of carbonyl (C=O) groups excluding carboxylic acids is 2. The number of alkyl halides is 2. The lowest BCUT2D eigenvalue weighted by atomic mass is 9.85. The number of piperidine rings is 2. The first-order valence-corrected chi connectivity index (χ1v) is 18.7. The van der Waals surface area contributed by atoms with Gasteiger partial charge in [0.2, 0.25) is 27.8 Å². The van der Waals surface area contributed by atoms with Gasteiger partial charge in [0.05, 0.1) is 36.2 Å². The summed E-state index contributed by atoms with van der Waals surface area (Å²) in [6, 6.07) is 11.0. The molecule has 0 radical (unpaired) electrons.